The van der Waals surface area contributed by atoms with Crippen LogP contribution in [0.15, 0.2) is 0 Å². The zero-order chi connectivity index (χ0) is 9.07. The molecule has 66 valence electrons. The Hall–Kier alpha value is -0.740. The summed E-state index contributed by atoms with van der Waals surface area (Å²) in [6, 6.07) is 0. The average molecular weight is 170 g/mol. The molecule has 0 aromatic rings. The van der Waals surface area contributed by atoms with E-state index in [9.17, 15) is 18.0 Å². The molecule has 2 nitrogen and oxygen atoms in total. The topological polar surface area (TPSA) is 26.3 Å². The molecule has 11 heavy (non-hydrogen) atoms. The summed E-state index contributed by atoms with van der Waals surface area (Å²) in [6.45, 7) is 3.00. The molecule has 0 aromatic carbocycles. The van der Waals surface area contributed by atoms with Crippen LogP contribution >= 0.6 is 0 Å². The van der Waals surface area contributed by atoms with Crippen molar-refractivity contribution in [2.45, 2.75) is 26.6 Å². The van der Waals surface area contributed by atoms with Crippen LogP contribution in [0.4, 0.5) is 13.2 Å². The van der Waals surface area contributed by atoms with E-state index < -0.39 is 18.2 Å². The number of rotatable bonds is 2. The first kappa shape index (κ1) is 10.3. The van der Waals surface area contributed by atoms with Crippen LogP contribution in [0, 0.1) is 5.92 Å². The van der Waals surface area contributed by atoms with E-state index in [2.05, 4.69) is 4.74 Å². The molecule has 1 unspecified atom stereocenters. The number of hydrogen-bond donors (Lipinski definition) is 0. The molecule has 0 fully saturated rings. The Morgan fingerprint density at radius 2 is 2.00 bits per heavy atom. The molecule has 0 heterocycles. The highest BCUT2D eigenvalue weighted by Gasteiger charge is 2.35. The first-order valence-corrected chi connectivity index (χ1v) is 3.16. The summed E-state index contributed by atoms with van der Waals surface area (Å²) in [7, 11) is 0. The molecule has 5 heteroatoms. The molecule has 0 amide bonds. The van der Waals surface area contributed by atoms with Gasteiger partial charge < -0.3 is 4.74 Å². The van der Waals surface area contributed by atoms with Crippen LogP contribution in [0.5, 0.6) is 0 Å². The van der Waals surface area contributed by atoms with Crippen LogP contribution in [0.25, 0.3) is 0 Å². The lowest BCUT2D eigenvalue weighted by Gasteiger charge is -2.10. The Morgan fingerprint density at radius 1 is 1.55 bits per heavy atom. The van der Waals surface area contributed by atoms with E-state index in [-0.39, 0.29) is 0 Å². The predicted octanol–water partition coefficient (Wildman–Crippen LogP) is 2.10. The van der Waals surface area contributed by atoms with Gasteiger partial charge in [-0.25, -0.2) is 0 Å². The molecular formula is C6H9F3O2. The lowest BCUT2D eigenvalue weighted by atomic mass is 10.1. The summed E-state index contributed by atoms with van der Waals surface area (Å²) in [5.41, 5.74) is 0. The van der Waals surface area contributed by atoms with Gasteiger partial charge in [0.05, 0.1) is 5.92 Å². The van der Waals surface area contributed by atoms with Crippen molar-refractivity contribution < 1.29 is 22.7 Å². The Kier molecular flexibility index (Phi) is 3.35. The van der Waals surface area contributed by atoms with Crippen LogP contribution in [0.3, 0.4) is 0 Å². The Balaban J connectivity index is 3.88. The summed E-state index contributed by atoms with van der Waals surface area (Å²) in [5, 5.41) is 0. The Bertz CT molecular complexity index is 141. The molecule has 0 aliphatic carbocycles. The van der Waals surface area contributed by atoms with E-state index >= 15 is 0 Å². The zero-order valence-electron chi connectivity index (χ0n) is 6.23. The number of esters is 1. The van der Waals surface area contributed by atoms with Gasteiger partial charge in [0.25, 0.3) is 0 Å². The van der Waals surface area contributed by atoms with Crippen molar-refractivity contribution >= 4 is 5.97 Å². The zero-order valence-corrected chi connectivity index (χ0v) is 6.23. The average Bonchev–Trinajstić information content (AvgIpc) is 1.82. The third-order valence-corrected chi connectivity index (χ3v) is 1.23. The van der Waals surface area contributed by atoms with Crippen molar-refractivity contribution in [1.82, 2.24) is 0 Å². The van der Waals surface area contributed by atoms with Crippen LogP contribution in [0.2, 0.25) is 0 Å². The number of carbonyl (C=O) groups excluding carboxylic acids is 1. The number of halogens is 3. The summed E-state index contributed by atoms with van der Waals surface area (Å²) >= 11 is 0. The monoisotopic (exact) mass is 170 g/mol. The van der Waals surface area contributed by atoms with Crippen molar-refractivity contribution in [3.63, 3.8) is 0 Å². The fraction of sp³-hybridized carbons (Fsp3) is 0.833. The second-order valence-electron chi connectivity index (χ2n) is 2.18. The molecule has 0 rings (SSSR count). The lowest BCUT2D eigenvalue weighted by molar-refractivity contribution is -0.307. The van der Waals surface area contributed by atoms with E-state index in [1.165, 1.54) is 6.92 Å². The Labute approximate surface area is 62.3 Å². The van der Waals surface area contributed by atoms with Crippen LogP contribution < -0.4 is 0 Å². The minimum Gasteiger partial charge on any atom is -0.373 e. The van der Waals surface area contributed by atoms with E-state index in [1.807, 2.05) is 0 Å². The molecule has 0 aromatic heterocycles. The normalized spacial score (nSPS) is 14.3. The first-order chi connectivity index (χ1) is 4.87. The van der Waals surface area contributed by atoms with Crippen LogP contribution in [-0.4, -0.2) is 12.3 Å². The predicted molar refractivity (Wildman–Crippen MR) is 31.6 cm³/mol. The fourth-order valence-electron chi connectivity index (χ4n) is 0.381. The second-order valence-corrected chi connectivity index (χ2v) is 2.18. The van der Waals surface area contributed by atoms with Gasteiger partial charge in [-0.3, -0.25) is 4.79 Å². The van der Waals surface area contributed by atoms with Gasteiger partial charge in [0.1, 0.15) is 0 Å². The maximum absolute atomic E-state index is 11.4. The first-order valence-electron chi connectivity index (χ1n) is 3.16. The van der Waals surface area contributed by atoms with Gasteiger partial charge >= 0.3 is 12.3 Å². The van der Waals surface area contributed by atoms with E-state index in [0.717, 1.165) is 0 Å². The van der Waals surface area contributed by atoms with Gasteiger partial charge in [0.15, 0.2) is 0 Å². The standard InChI is InChI=1S/C6H9F3O2/c1-3-4(2)5(10)11-6(7,8)9/h4H,3H2,1-2H3. The van der Waals surface area contributed by atoms with Gasteiger partial charge in [-0.1, -0.05) is 13.8 Å². The highest BCUT2D eigenvalue weighted by Crippen LogP contribution is 2.19. The quantitative estimate of drug-likeness (QED) is 0.593. The number of alkyl halides is 3. The van der Waals surface area contributed by atoms with Crippen molar-refractivity contribution in [3.05, 3.63) is 0 Å². The molecule has 1 atom stereocenters. The Morgan fingerprint density at radius 3 is 2.27 bits per heavy atom. The largest absolute Gasteiger partial charge is 0.575 e. The van der Waals surface area contributed by atoms with Crippen molar-refractivity contribution in [3.8, 4) is 0 Å². The van der Waals surface area contributed by atoms with Gasteiger partial charge in [0, 0.05) is 0 Å². The maximum atomic E-state index is 11.4. The summed E-state index contributed by atoms with van der Waals surface area (Å²) < 4.78 is 37.2. The third-order valence-electron chi connectivity index (χ3n) is 1.23. The molecule has 0 spiro atoms. The lowest BCUT2D eigenvalue weighted by Crippen LogP contribution is -2.23. The highest BCUT2D eigenvalue weighted by atomic mass is 19.4. The highest BCUT2D eigenvalue weighted by molar-refractivity contribution is 5.72. The van der Waals surface area contributed by atoms with Crippen molar-refractivity contribution in [2.24, 2.45) is 5.92 Å². The van der Waals surface area contributed by atoms with Crippen molar-refractivity contribution in [1.29, 1.82) is 0 Å². The van der Waals surface area contributed by atoms with Crippen LogP contribution in [-0.2, 0) is 9.53 Å². The molecule has 0 aliphatic rings. The number of ether oxygens (including phenoxy) is 1. The summed E-state index contributed by atoms with van der Waals surface area (Å²) in [4.78, 5) is 10.4. The third kappa shape index (κ3) is 4.64. The van der Waals surface area contributed by atoms with Gasteiger partial charge in [0.2, 0.25) is 0 Å². The molecule has 0 saturated heterocycles. The minimum absolute atomic E-state index is 0.342. The number of carbonyl (C=O) groups is 1. The molecule has 0 bridgehead atoms. The number of hydrogen-bond acceptors (Lipinski definition) is 2. The minimum atomic E-state index is -4.85. The fourth-order valence-corrected chi connectivity index (χ4v) is 0.381. The molecule has 0 aliphatic heterocycles. The van der Waals surface area contributed by atoms with Crippen LogP contribution in [0.1, 0.15) is 20.3 Å². The molecule has 0 N–H and O–H groups in total. The molecular weight excluding hydrogens is 161 g/mol. The van der Waals surface area contributed by atoms with Gasteiger partial charge in [-0.15, -0.1) is 13.2 Å². The van der Waals surface area contributed by atoms with Gasteiger partial charge in [-0.05, 0) is 6.42 Å². The van der Waals surface area contributed by atoms with E-state index in [1.54, 1.807) is 6.92 Å². The summed E-state index contributed by atoms with van der Waals surface area (Å²) in [6.07, 6.45) is -4.50. The SMILES string of the molecule is CCC(C)C(=O)OC(F)(F)F. The molecule has 0 saturated carbocycles. The smallest absolute Gasteiger partial charge is 0.373 e. The van der Waals surface area contributed by atoms with Gasteiger partial charge in [-0.2, -0.15) is 0 Å². The van der Waals surface area contributed by atoms with E-state index in [4.69, 9.17) is 0 Å². The second kappa shape index (κ2) is 3.59. The van der Waals surface area contributed by atoms with E-state index in [0.29, 0.717) is 6.42 Å². The molecule has 0 radical (unpaired) electrons. The summed E-state index contributed by atoms with van der Waals surface area (Å²) in [5.74, 6) is -1.92. The van der Waals surface area contributed by atoms with Crippen molar-refractivity contribution in [2.75, 3.05) is 0 Å². The maximum Gasteiger partial charge on any atom is 0.575 e.